The lowest BCUT2D eigenvalue weighted by atomic mass is 9.94. The third-order valence-corrected chi connectivity index (χ3v) is 6.24. The molecule has 0 unspecified atom stereocenters. The molecule has 1 N–H and O–H groups in total. The van der Waals surface area contributed by atoms with Crippen molar-refractivity contribution < 1.29 is 14.3 Å². The van der Waals surface area contributed by atoms with Crippen LogP contribution in [0, 0.1) is 11.7 Å². The van der Waals surface area contributed by atoms with Crippen molar-refractivity contribution in [2.75, 3.05) is 19.6 Å². The van der Waals surface area contributed by atoms with E-state index < -0.39 is 6.09 Å². The summed E-state index contributed by atoms with van der Waals surface area (Å²) >= 11 is 1.53. The maximum atomic E-state index is 13.9. The van der Waals surface area contributed by atoms with Gasteiger partial charge in [0.25, 0.3) is 0 Å². The first-order chi connectivity index (χ1) is 13.2. The molecule has 0 bridgehead atoms. The number of carbonyl (C=O) groups is 1. The zero-order chi connectivity index (χ0) is 20.3. The van der Waals surface area contributed by atoms with Crippen LogP contribution in [-0.2, 0) is 6.54 Å². The summed E-state index contributed by atoms with van der Waals surface area (Å²) in [6.45, 7) is 9.09. The van der Waals surface area contributed by atoms with Crippen LogP contribution in [-0.4, -0.2) is 51.2 Å². The maximum absolute atomic E-state index is 13.9. The summed E-state index contributed by atoms with van der Waals surface area (Å²) in [5.41, 5.74) is 0.169. The smallest absolute Gasteiger partial charge is 0.407 e. The molecule has 1 aromatic carbocycles. The summed E-state index contributed by atoms with van der Waals surface area (Å²) < 4.78 is 13.9. The van der Waals surface area contributed by atoms with E-state index in [1.807, 2.05) is 33.0 Å². The minimum Gasteiger partial charge on any atom is -0.465 e. The Bertz CT molecular complexity index is 810. The summed E-state index contributed by atoms with van der Waals surface area (Å²) in [5.74, 6) is 0.146. The lowest BCUT2D eigenvalue weighted by Gasteiger charge is -2.39. The number of amides is 1. The van der Waals surface area contributed by atoms with Gasteiger partial charge in [0.1, 0.15) is 10.8 Å². The molecule has 7 heteroatoms. The van der Waals surface area contributed by atoms with Gasteiger partial charge in [-0.05, 0) is 64.8 Å². The molecule has 0 aliphatic carbocycles. The number of benzene rings is 1. The quantitative estimate of drug-likeness (QED) is 0.765. The lowest BCUT2D eigenvalue weighted by Crippen LogP contribution is -2.48. The van der Waals surface area contributed by atoms with Crippen LogP contribution in [0.3, 0.4) is 0 Å². The van der Waals surface area contributed by atoms with Gasteiger partial charge in [-0.2, -0.15) is 0 Å². The summed E-state index contributed by atoms with van der Waals surface area (Å²) in [5, 5.41) is 10.2. The SMILES string of the molecule is CC(C)(C)N(CC1CCN(Cc2cnc(-c3ccccc3F)s2)CC1)C(=O)O. The highest BCUT2D eigenvalue weighted by Crippen LogP contribution is 2.29. The molecule has 3 rings (SSSR count). The molecule has 1 aromatic heterocycles. The molecule has 1 fully saturated rings. The van der Waals surface area contributed by atoms with E-state index in [4.69, 9.17) is 0 Å². The van der Waals surface area contributed by atoms with Gasteiger partial charge in [-0.15, -0.1) is 11.3 Å². The Labute approximate surface area is 169 Å². The fraction of sp³-hybridized carbons (Fsp3) is 0.524. The van der Waals surface area contributed by atoms with E-state index in [1.165, 1.54) is 17.4 Å². The molecule has 28 heavy (non-hydrogen) atoms. The average Bonchev–Trinajstić information content (AvgIpc) is 3.08. The number of likely N-dealkylation sites (tertiary alicyclic amines) is 1. The van der Waals surface area contributed by atoms with Gasteiger partial charge < -0.3 is 10.0 Å². The predicted molar refractivity (Wildman–Crippen MR) is 110 cm³/mol. The molecular formula is C21H28FN3O2S. The largest absolute Gasteiger partial charge is 0.465 e. The van der Waals surface area contributed by atoms with Crippen LogP contribution >= 0.6 is 11.3 Å². The molecule has 2 heterocycles. The average molecular weight is 406 g/mol. The van der Waals surface area contributed by atoms with Crippen LogP contribution in [0.2, 0.25) is 0 Å². The molecule has 0 saturated carbocycles. The van der Waals surface area contributed by atoms with Crippen molar-refractivity contribution in [3.8, 4) is 10.6 Å². The number of nitrogens with zero attached hydrogens (tertiary/aromatic N) is 3. The van der Waals surface area contributed by atoms with Crippen LogP contribution in [0.4, 0.5) is 9.18 Å². The van der Waals surface area contributed by atoms with Gasteiger partial charge in [-0.25, -0.2) is 14.2 Å². The molecule has 0 spiro atoms. The van der Waals surface area contributed by atoms with Gasteiger partial charge in [0.15, 0.2) is 0 Å². The second kappa shape index (κ2) is 8.57. The number of piperidine rings is 1. The first-order valence-electron chi connectivity index (χ1n) is 9.66. The second-order valence-corrected chi connectivity index (χ2v) is 9.51. The Kier molecular flexibility index (Phi) is 6.35. The van der Waals surface area contributed by atoms with Gasteiger partial charge in [0.05, 0.1) is 0 Å². The number of aromatic nitrogens is 1. The van der Waals surface area contributed by atoms with Gasteiger partial charge in [0, 0.05) is 35.3 Å². The van der Waals surface area contributed by atoms with Crippen molar-refractivity contribution in [1.29, 1.82) is 0 Å². The zero-order valence-electron chi connectivity index (χ0n) is 16.7. The number of rotatable bonds is 5. The van der Waals surface area contributed by atoms with Crippen LogP contribution in [0.1, 0.15) is 38.5 Å². The molecule has 1 aliphatic heterocycles. The highest BCUT2D eigenvalue weighted by molar-refractivity contribution is 7.15. The Morgan fingerprint density at radius 3 is 2.61 bits per heavy atom. The number of carboxylic acid groups (broad SMARTS) is 1. The Morgan fingerprint density at radius 2 is 2.00 bits per heavy atom. The van der Waals surface area contributed by atoms with Crippen molar-refractivity contribution in [1.82, 2.24) is 14.8 Å². The third-order valence-electron chi connectivity index (χ3n) is 5.23. The Balaban J connectivity index is 1.54. The second-order valence-electron chi connectivity index (χ2n) is 8.40. The molecule has 1 aliphatic rings. The van der Waals surface area contributed by atoms with Gasteiger partial charge in [0.2, 0.25) is 0 Å². The van der Waals surface area contributed by atoms with E-state index in [1.54, 1.807) is 17.0 Å². The normalized spacial score (nSPS) is 16.3. The number of hydrogen-bond acceptors (Lipinski definition) is 4. The van der Waals surface area contributed by atoms with E-state index in [0.29, 0.717) is 23.0 Å². The summed E-state index contributed by atoms with van der Waals surface area (Å²) in [6.07, 6.45) is 2.96. The minimum atomic E-state index is -0.847. The maximum Gasteiger partial charge on any atom is 0.407 e. The standard InChI is InChI=1S/C21H28FN3O2S/c1-21(2,3)25(20(26)27)13-15-8-10-24(11-9-15)14-16-12-23-19(28-16)17-6-4-5-7-18(17)22/h4-7,12,15H,8-11,13-14H2,1-3H3,(H,26,27). The lowest BCUT2D eigenvalue weighted by molar-refractivity contribution is 0.0734. The fourth-order valence-electron chi connectivity index (χ4n) is 3.58. The summed E-state index contributed by atoms with van der Waals surface area (Å²) in [6, 6.07) is 6.72. The first-order valence-corrected chi connectivity index (χ1v) is 10.5. The van der Waals surface area contributed by atoms with Crippen LogP contribution in [0.15, 0.2) is 30.5 Å². The van der Waals surface area contributed by atoms with Crippen molar-refractivity contribution in [2.45, 2.75) is 45.7 Å². The highest BCUT2D eigenvalue weighted by atomic mass is 32.1. The van der Waals surface area contributed by atoms with E-state index in [0.717, 1.165) is 37.4 Å². The van der Waals surface area contributed by atoms with E-state index in [2.05, 4.69) is 9.88 Å². The molecule has 1 amide bonds. The number of hydrogen-bond donors (Lipinski definition) is 1. The summed E-state index contributed by atoms with van der Waals surface area (Å²) in [4.78, 5) is 21.0. The Morgan fingerprint density at radius 1 is 1.32 bits per heavy atom. The molecule has 2 aromatic rings. The number of halogens is 1. The van der Waals surface area contributed by atoms with Crippen molar-refractivity contribution in [3.63, 3.8) is 0 Å². The van der Waals surface area contributed by atoms with E-state index in [-0.39, 0.29) is 11.4 Å². The van der Waals surface area contributed by atoms with Crippen molar-refractivity contribution >= 4 is 17.4 Å². The van der Waals surface area contributed by atoms with Gasteiger partial charge in [-0.1, -0.05) is 12.1 Å². The van der Waals surface area contributed by atoms with Crippen LogP contribution < -0.4 is 0 Å². The molecule has 0 radical (unpaired) electrons. The monoisotopic (exact) mass is 405 g/mol. The van der Waals surface area contributed by atoms with Crippen molar-refractivity contribution in [3.05, 3.63) is 41.2 Å². The zero-order valence-corrected chi connectivity index (χ0v) is 17.5. The van der Waals surface area contributed by atoms with Gasteiger partial charge in [-0.3, -0.25) is 4.90 Å². The molecule has 0 atom stereocenters. The van der Waals surface area contributed by atoms with Crippen LogP contribution in [0.25, 0.3) is 10.6 Å². The molecular weight excluding hydrogens is 377 g/mol. The van der Waals surface area contributed by atoms with Crippen LogP contribution in [0.5, 0.6) is 0 Å². The van der Waals surface area contributed by atoms with E-state index in [9.17, 15) is 14.3 Å². The van der Waals surface area contributed by atoms with Gasteiger partial charge >= 0.3 is 6.09 Å². The number of thiazole rings is 1. The fourth-order valence-corrected chi connectivity index (χ4v) is 4.57. The predicted octanol–water partition coefficient (Wildman–Crippen LogP) is 4.94. The van der Waals surface area contributed by atoms with E-state index >= 15 is 0 Å². The molecule has 1 saturated heterocycles. The highest BCUT2D eigenvalue weighted by Gasteiger charge is 2.30. The Hall–Kier alpha value is -1.99. The molecule has 152 valence electrons. The van der Waals surface area contributed by atoms with Crippen molar-refractivity contribution in [2.24, 2.45) is 5.92 Å². The first kappa shape index (κ1) is 20.7. The third kappa shape index (κ3) is 5.08. The topological polar surface area (TPSA) is 56.7 Å². The molecule has 5 nitrogen and oxygen atoms in total. The minimum absolute atomic E-state index is 0.244. The summed E-state index contributed by atoms with van der Waals surface area (Å²) in [7, 11) is 0.